The van der Waals surface area contributed by atoms with Crippen LogP contribution >= 0.6 is 0 Å². The Morgan fingerprint density at radius 2 is 1.17 bits per heavy atom. The summed E-state index contributed by atoms with van der Waals surface area (Å²) >= 11 is 0. The Morgan fingerprint density at radius 1 is 0.712 bits per heavy atom. The highest BCUT2D eigenvalue weighted by atomic mass is 16.5. The maximum atomic E-state index is 12.4. The summed E-state index contributed by atoms with van der Waals surface area (Å²) in [6.45, 7) is 10.6. The van der Waals surface area contributed by atoms with E-state index >= 15 is 0 Å². The van der Waals surface area contributed by atoms with Crippen LogP contribution in [0.25, 0.3) is 11.1 Å². The number of carboxylic acid groups (broad SMARTS) is 1. The minimum absolute atomic E-state index is 0.00221. The van der Waals surface area contributed by atoms with Gasteiger partial charge < -0.3 is 28.8 Å². The predicted molar refractivity (Wildman–Crippen MR) is 223 cm³/mol. The zero-order valence-corrected chi connectivity index (χ0v) is 34.7. The fourth-order valence-electron chi connectivity index (χ4n) is 7.30. The average molecular weight is 803 g/mol. The van der Waals surface area contributed by atoms with E-state index in [1.807, 2.05) is 52.0 Å². The molecular formula is C47H54N4O8. The molecule has 2 saturated carbocycles. The first-order valence-electron chi connectivity index (χ1n) is 20.7. The largest absolute Gasteiger partial charge is 0.490 e. The summed E-state index contributed by atoms with van der Waals surface area (Å²) in [6, 6.07) is 12.2. The molecule has 2 aromatic heterocycles. The van der Waals surface area contributed by atoms with Gasteiger partial charge in [-0.3, -0.25) is 9.97 Å². The van der Waals surface area contributed by atoms with Crippen LogP contribution in [0.3, 0.4) is 0 Å². The summed E-state index contributed by atoms with van der Waals surface area (Å²) in [5, 5.41) is 9.69. The number of esters is 1. The van der Waals surface area contributed by atoms with Gasteiger partial charge in [0, 0.05) is 59.3 Å². The molecule has 2 aliphatic carbocycles. The van der Waals surface area contributed by atoms with E-state index in [1.165, 1.54) is 18.3 Å². The van der Waals surface area contributed by atoms with Crippen LogP contribution in [0.5, 0.6) is 11.5 Å². The molecule has 12 nitrogen and oxygen atoms in total. The fourth-order valence-corrected chi connectivity index (χ4v) is 7.30. The third-order valence-electron chi connectivity index (χ3n) is 10.5. The zero-order chi connectivity index (χ0) is 41.5. The Hall–Kier alpha value is -5.46. The number of benzene rings is 2. The summed E-state index contributed by atoms with van der Waals surface area (Å²) in [4.78, 5) is 42.3. The molecule has 0 atom stereocenters. The Labute approximate surface area is 346 Å². The highest BCUT2D eigenvalue weighted by Gasteiger charge is 2.30. The van der Waals surface area contributed by atoms with Crippen molar-refractivity contribution in [1.29, 1.82) is 0 Å². The van der Waals surface area contributed by atoms with Gasteiger partial charge in [0.05, 0.1) is 68.5 Å². The van der Waals surface area contributed by atoms with Crippen LogP contribution in [-0.4, -0.2) is 82.7 Å². The van der Waals surface area contributed by atoms with Crippen molar-refractivity contribution >= 4 is 23.1 Å². The molecule has 4 aliphatic rings. The first-order chi connectivity index (χ1) is 28.6. The Kier molecular flexibility index (Phi) is 13.5. The van der Waals surface area contributed by atoms with Crippen LogP contribution in [0.2, 0.25) is 0 Å². The molecule has 0 radical (unpaired) electrons. The zero-order valence-electron chi connectivity index (χ0n) is 34.7. The predicted octanol–water partition coefficient (Wildman–Crippen LogP) is 8.56. The Balaban J connectivity index is 0.000000179. The van der Waals surface area contributed by atoms with E-state index in [4.69, 9.17) is 23.7 Å². The average Bonchev–Trinajstić information content (AvgIpc) is 4.18. The summed E-state index contributed by atoms with van der Waals surface area (Å²) in [7, 11) is 1.38. The molecular weight excluding hydrogens is 749 g/mol. The second-order valence-corrected chi connectivity index (χ2v) is 15.9. The number of ether oxygens (including phenoxy) is 5. The number of aromatic nitrogens is 4. The lowest BCUT2D eigenvalue weighted by Gasteiger charge is -2.22. The molecule has 0 bridgehead atoms. The second-order valence-electron chi connectivity index (χ2n) is 15.9. The van der Waals surface area contributed by atoms with E-state index in [1.54, 1.807) is 12.4 Å². The van der Waals surface area contributed by atoms with Crippen molar-refractivity contribution in [2.75, 3.05) is 33.5 Å². The van der Waals surface area contributed by atoms with Crippen molar-refractivity contribution in [2.45, 2.75) is 103 Å². The molecule has 0 unspecified atom stereocenters. The topological polar surface area (TPSA) is 152 Å². The van der Waals surface area contributed by atoms with Crippen molar-refractivity contribution in [1.82, 2.24) is 19.9 Å². The molecule has 0 amide bonds. The van der Waals surface area contributed by atoms with E-state index < -0.39 is 11.9 Å². The number of carbonyl (C=O) groups is 2. The van der Waals surface area contributed by atoms with E-state index in [0.29, 0.717) is 68.2 Å². The van der Waals surface area contributed by atoms with Crippen LogP contribution < -0.4 is 9.47 Å². The molecule has 310 valence electrons. The van der Waals surface area contributed by atoms with Gasteiger partial charge >= 0.3 is 11.9 Å². The quantitative estimate of drug-likeness (QED) is 0.122. The Bertz CT molecular complexity index is 2220. The SMILES string of the molecule is CC(C)Oc1c(Cc2ncc(C3CC3)nc2C(=O)O)cccc1C1=CCOCC1.COC(=O)c1nc(C2CC2)cnc1Cc1cccc(C2=CCOCC2)c1OC(C)C. The van der Waals surface area contributed by atoms with Gasteiger partial charge in [-0.25, -0.2) is 19.6 Å². The first-order valence-corrected chi connectivity index (χ1v) is 20.7. The van der Waals surface area contributed by atoms with Crippen LogP contribution in [0, 0.1) is 0 Å². The van der Waals surface area contributed by atoms with E-state index in [2.05, 4.69) is 44.2 Å². The van der Waals surface area contributed by atoms with Gasteiger partial charge in [0.15, 0.2) is 11.4 Å². The van der Waals surface area contributed by atoms with Gasteiger partial charge in [-0.2, -0.15) is 0 Å². The van der Waals surface area contributed by atoms with Gasteiger partial charge in [-0.1, -0.05) is 48.6 Å². The molecule has 2 aromatic carbocycles. The monoisotopic (exact) mass is 802 g/mol. The molecule has 59 heavy (non-hydrogen) atoms. The number of nitrogens with zero attached hydrogens (tertiary/aromatic N) is 4. The molecule has 4 heterocycles. The number of hydrogen-bond donors (Lipinski definition) is 1. The fraction of sp³-hybridized carbons (Fsp3) is 0.447. The van der Waals surface area contributed by atoms with Gasteiger partial charge in [-0.15, -0.1) is 0 Å². The minimum atomic E-state index is -1.04. The number of aromatic carboxylic acids is 1. The lowest BCUT2D eigenvalue weighted by atomic mass is 9.95. The van der Waals surface area contributed by atoms with E-state index in [-0.39, 0.29) is 17.9 Å². The van der Waals surface area contributed by atoms with Crippen molar-refractivity contribution in [3.05, 3.63) is 117 Å². The smallest absolute Gasteiger partial charge is 0.358 e. The molecule has 12 heteroatoms. The Morgan fingerprint density at radius 3 is 1.56 bits per heavy atom. The van der Waals surface area contributed by atoms with Crippen molar-refractivity contribution in [3.8, 4) is 11.5 Å². The molecule has 8 rings (SSSR count). The number of methoxy groups -OCH3 is 1. The first kappa shape index (κ1) is 41.7. The summed E-state index contributed by atoms with van der Waals surface area (Å²) in [6.07, 6.45) is 14.5. The number of rotatable bonds is 14. The van der Waals surface area contributed by atoms with Crippen molar-refractivity contribution in [3.63, 3.8) is 0 Å². The molecule has 0 saturated heterocycles. The number of carbonyl (C=O) groups excluding carboxylic acids is 1. The third-order valence-corrected chi connectivity index (χ3v) is 10.5. The van der Waals surface area contributed by atoms with Crippen LogP contribution in [0.1, 0.15) is 144 Å². The summed E-state index contributed by atoms with van der Waals surface area (Å²) in [5.74, 6) is 0.917. The number of hydrogen-bond acceptors (Lipinski definition) is 11. The van der Waals surface area contributed by atoms with Gasteiger partial charge in [-0.05, 0) is 77.4 Å². The van der Waals surface area contributed by atoms with Gasteiger partial charge in [0.25, 0.3) is 0 Å². The molecule has 2 aliphatic heterocycles. The van der Waals surface area contributed by atoms with Crippen molar-refractivity contribution < 1.29 is 38.4 Å². The molecule has 1 N–H and O–H groups in total. The maximum Gasteiger partial charge on any atom is 0.358 e. The maximum absolute atomic E-state index is 12.4. The van der Waals surface area contributed by atoms with E-state index in [0.717, 1.165) is 83.7 Å². The van der Waals surface area contributed by atoms with Gasteiger partial charge in [0.2, 0.25) is 0 Å². The molecule has 2 fully saturated rings. The van der Waals surface area contributed by atoms with Crippen LogP contribution in [0.4, 0.5) is 0 Å². The standard InChI is InChI=1S/C24H28N2O4.C23H26N2O4/c1-15(2)30-23-18(5-4-6-19(23)16-9-11-29-12-10-16)13-20-22(24(27)28-3)26-21(14-25-20)17-7-8-17;1-14(2)29-22-17(4-3-5-18(22)15-8-10-28-11-9-15)12-19-21(23(26)27)25-20(13-24-19)16-6-7-16/h4-6,9,14-15,17H,7-8,10-13H2,1-3H3;3-5,8,13-14,16H,6-7,9-12H2,1-2H3,(H,26,27). The van der Waals surface area contributed by atoms with Crippen LogP contribution in [-0.2, 0) is 27.1 Å². The van der Waals surface area contributed by atoms with Gasteiger partial charge in [0.1, 0.15) is 11.5 Å². The lowest BCUT2D eigenvalue weighted by Crippen LogP contribution is -2.15. The second kappa shape index (κ2) is 19.1. The van der Waals surface area contributed by atoms with E-state index in [9.17, 15) is 14.7 Å². The molecule has 4 aromatic rings. The highest BCUT2D eigenvalue weighted by Crippen LogP contribution is 2.41. The number of para-hydroxylation sites is 2. The summed E-state index contributed by atoms with van der Waals surface area (Å²) in [5.41, 5.74) is 9.51. The van der Waals surface area contributed by atoms with Crippen molar-refractivity contribution in [2.24, 2.45) is 0 Å². The number of carboxylic acids is 1. The third kappa shape index (κ3) is 10.6. The van der Waals surface area contributed by atoms with Crippen LogP contribution in [0.15, 0.2) is 60.9 Å². The normalized spacial score (nSPS) is 16.5. The summed E-state index contributed by atoms with van der Waals surface area (Å²) < 4.78 is 28.4. The highest BCUT2D eigenvalue weighted by molar-refractivity contribution is 5.88. The lowest BCUT2D eigenvalue weighted by molar-refractivity contribution is 0.0590. The molecule has 0 spiro atoms. The minimum Gasteiger partial charge on any atom is -0.490 e.